The second-order valence-electron chi connectivity index (χ2n) is 6.42. The van der Waals surface area contributed by atoms with Gasteiger partial charge in [0.05, 0.1) is 31.1 Å². The highest BCUT2D eigenvalue weighted by atomic mass is 16.5. The molecule has 0 saturated carbocycles. The maximum Gasteiger partial charge on any atom is 0.258 e. The van der Waals surface area contributed by atoms with Gasteiger partial charge in [-0.25, -0.2) is 4.98 Å². The number of benzene rings is 2. The van der Waals surface area contributed by atoms with Gasteiger partial charge in [-0.3, -0.25) is 14.5 Å². The maximum atomic E-state index is 12.4. The number of carbonyl (C=O) groups excluding carboxylic acids is 1. The Morgan fingerprint density at radius 2 is 1.93 bits per heavy atom. The van der Waals surface area contributed by atoms with Crippen LogP contribution < -0.4 is 15.6 Å². The predicted octanol–water partition coefficient (Wildman–Crippen LogP) is 2.07. The molecule has 0 radical (unpaired) electrons. The molecule has 0 spiro atoms. The van der Waals surface area contributed by atoms with Crippen molar-refractivity contribution in [2.24, 2.45) is 0 Å². The third kappa shape index (κ3) is 4.75. The van der Waals surface area contributed by atoms with Crippen LogP contribution in [-0.4, -0.2) is 41.0 Å². The molecule has 3 aromatic rings. The number of ether oxygens (including phenoxy) is 1. The SMILES string of the molecule is CCN(CC(=O)NCc1ccccc1OC)Cc1nc2ccccc2c(=O)[nH]1. The Bertz CT molecular complexity index is 1020. The molecule has 0 saturated heterocycles. The summed E-state index contributed by atoms with van der Waals surface area (Å²) in [4.78, 5) is 33.8. The van der Waals surface area contributed by atoms with Crippen molar-refractivity contribution in [2.75, 3.05) is 20.2 Å². The largest absolute Gasteiger partial charge is 0.496 e. The van der Waals surface area contributed by atoms with Crippen LogP contribution in [0.4, 0.5) is 0 Å². The lowest BCUT2D eigenvalue weighted by molar-refractivity contribution is -0.122. The number of rotatable bonds is 8. The topological polar surface area (TPSA) is 87.3 Å². The van der Waals surface area contributed by atoms with Gasteiger partial charge < -0.3 is 15.0 Å². The molecule has 0 fully saturated rings. The molecule has 7 nitrogen and oxygen atoms in total. The highest BCUT2D eigenvalue weighted by Crippen LogP contribution is 2.16. The zero-order valence-corrected chi connectivity index (χ0v) is 16.1. The quantitative estimate of drug-likeness (QED) is 0.625. The van der Waals surface area contributed by atoms with Crippen molar-refractivity contribution in [3.05, 3.63) is 70.3 Å². The fourth-order valence-electron chi connectivity index (χ4n) is 3.00. The Balaban J connectivity index is 1.62. The summed E-state index contributed by atoms with van der Waals surface area (Å²) in [6, 6.07) is 14.8. The van der Waals surface area contributed by atoms with Crippen LogP contribution in [0.1, 0.15) is 18.3 Å². The Hall–Kier alpha value is -3.19. The van der Waals surface area contributed by atoms with Crippen LogP contribution in [0.25, 0.3) is 10.9 Å². The summed E-state index contributed by atoms with van der Waals surface area (Å²) in [5.41, 5.74) is 1.40. The van der Waals surface area contributed by atoms with E-state index >= 15 is 0 Å². The molecule has 1 aromatic heterocycles. The molecule has 3 rings (SSSR count). The smallest absolute Gasteiger partial charge is 0.258 e. The summed E-state index contributed by atoms with van der Waals surface area (Å²) in [5.74, 6) is 1.19. The van der Waals surface area contributed by atoms with E-state index in [4.69, 9.17) is 4.74 Å². The van der Waals surface area contributed by atoms with E-state index in [1.807, 2.05) is 54.3 Å². The van der Waals surface area contributed by atoms with Crippen molar-refractivity contribution in [3.63, 3.8) is 0 Å². The number of fused-ring (bicyclic) bond motifs is 1. The number of hydrogen-bond acceptors (Lipinski definition) is 5. The number of nitrogens with one attached hydrogen (secondary N) is 2. The molecule has 1 heterocycles. The minimum atomic E-state index is -0.169. The van der Waals surface area contributed by atoms with E-state index in [9.17, 15) is 9.59 Å². The zero-order valence-electron chi connectivity index (χ0n) is 16.1. The minimum Gasteiger partial charge on any atom is -0.496 e. The molecule has 0 aliphatic rings. The fourth-order valence-corrected chi connectivity index (χ4v) is 3.00. The number of likely N-dealkylation sites (N-methyl/N-ethyl adjacent to an activating group) is 1. The summed E-state index contributed by atoms with van der Waals surface area (Å²) in [6.45, 7) is 3.61. The fraction of sp³-hybridized carbons (Fsp3) is 0.286. The van der Waals surface area contributed by atoms with Gasteiger partial charge in [0, 0.05) is 12.1 Å². The van der Waals surface area contributed by atoms with Gasteiger partial charge in [-0.1, -0.05) is 37.3 Å². The highest BCUT2D eigenvalue weighted by molar-refractivity contribution is 5.78. The highest BCUT2D eigenvalue weighted by Gasteiger charge is 2.13. The van der Waals surface area contributed by atoms with E-state index in [1.54, 1.807) is 13.2 Å². The molecule has 7 heteroatoms. The Kier molecular flexibility index (Phi) is 6.39. The lowest BCUT2D eigenvalue weighted by Crippen LogP contribution is -2.37. The van der Waals surface area contributed by atoms with Gasteiger partial charge in [-0.05, 0) is 24.7 Å². The van der Waals surface area contributed by atoms with E-state index < -0.39 is 0 Å². The zero-order chi connectivity index (χ0) is 19.9. The van der Waals surface area contributed by atoms with Crippen molar-refractivity contribution < 1.29 is 9.53 Å². The van der Waals surface area contributed by atoms with Crippen molar-refractivity contribution in [3.8, 4) is 5.75 Å². The van der Waals surface area contributed by atoms with Crippen LogP contribution in [0.15, 0.2) is 53.3 Å². The number of hydrogen-bond donors (Lipinski definition) is 2. The second kappa shape index (κ2) is 9.14. The lowest BCUT2D eigenvalue weighted by Gasteiger charge is -2.19. The monoisotopic (exact) mass is 380 g/mol. The Labute approximate surface area is 163 Å². The number of aromatic amines is 1. The van der Waals surface area contributed by atoms with Crippen LogP contribution in [-0.2, 0) is 17.9 Å². The molecular formula is C21H24N4O3. The molecule has 0 aliphatic heterocycles. The maximum absolute atomic E-state index is 12.4. The van der Waals surface area contributed by atoms with E-state index in [2.05, 4.69) is 15.3 Å². The van der Waals surface area contributed by atoms with Crippen molar-refractivity contribution in [1.82, 2.24) is 20.2 Å². The first-order chi connectivity index (χ1) is 13.6. The van der Waals surface area contributed by atoms with Crippen LogP contribution in [0, 0.1) is 0 Å². The molecule has 0 aliphatic carbocycles. The van der Waals surface area contributed by atoms with Gasteiger partial charge in [0.15, 0.2) is 0 Å². The van der Waals surface area contributed by atoms with E-state index in [-0.39, 0.29) is 18.0 Å². The first-order valence-corrected chi connectivity index (χ1v) is 9.19. The summed E-state index contributed by atoms with van der Waals surface area (Å²) < 4.78 is 5.30. The molecule has 2 aromatic carbocycles. The van der Waals surface area contributed by atoms with Gasteiger partial charge in [0.25, 0.3) is 5.56 Å². The van der Waals surface area contributed by atoms with E-state index in [0.717, 1.165) is 11.3 Å². The van der Waals surface area contributed by atoms with Crippen molar-refractivity contribution in [2.45, 2.75) is 20.0 Å². The first-order valence-electron chi connectivity index (χ1n) is 9.19. The van der Waals surface area contributed by atoms with Gasteiger partial charge in [-0.2, -0.15) is 0 Å². The third-order valence-electron chi connectivity index (χ3n) is 4.52. The van der Waals surface area contributed by atoms with Gasteiger partial charge in [-0.15, -0.1) is 0 Å². The molecule has 28 heavy (non-hydrogen) atoms. The number of para-hydroxylation sites is 2. The summed E-state index contributed by atoms with van der Waals surface area (Å²) in [7, 11) is 1.61. The van der Waals surface area contributed by atoms with Gasteiger partial charge >= 0.3 is 0 Å². The molecule has 0 atom stereocenters. The number of methoxy groups -OCH3 is 1. The van der Waals surface area contributed by atoms with Crippen LogP contribution in [0.2, 0.25) is 0 Å². The van der Waals surface area contributed by atoms with E-state index in [0.29, 0.717) is 36.4 Å². The number of carbonyl (C=O) groups is 1. The average Bonchev–Trinajstić information content (AvgIpc) is 2.72. The molecule has 1 amide bonds. The first kappa shape index (κ1) is 19.6. The van der Waals surface area contributed by atoms with E-state index in [1.165, 1.54) is 0 Å². The number of amides is 1. The summed E-state index contributed by atoms with van der Waals surface area (Å²) in [6.07, 6.45) is 0. The minimum absolute atomic E-state index is 0.101. The van der Waals surface area contributed by atoms with Crippen molar-refractivity contribution >= 4 is 16.8 Å². The summed E-state index contributed by atoms with van der Waals surface area (Å²) >= 11 is 0. The lowest BCUT2D eigenvalue weighted by atomic mass is 10.2. The molecule has 2 N–H and O–H groups in total. The predicted molar refractivity (Wildman–Crippen MR) is 108 cm³/mol. The van der Waals surface area contributed by atoms with Crippen LogP contribution in [0.3, 0.4) is 0 Å². The molecule has 0 bridgehead atoms. The third-order valence-corrected chi connectivity index (χ3v) is 4.52. The van der Waals surface area contributed by atoms with Gasteiger partial charge in [0.2, 0.25) is 5.91 Å². The molecule has 146 valence electrons. The van der Waals surface area contributed by atoms with Crippen LogP contribution in [0.5, 0.6) is 5.75 Å². The Morgan fingerprint density at radius 3 is 2.71 bits per heavy atom. The summed E-state index contributed by atoms with van der Waals surface area (Å²) in [5, 5.41) is 3.47. The second-order valence-corrected chi connectivity index (χ2v) is 6.42. The number of H-pyrrole nitrogens is 1. The number of aromatic nitrogens is 2. The van der Waals surface area contributed by atoms with Crippen molar-refractivity contribution in [1.29, 1.82) is 0 Å². The molecular weight excluding hydrogens is 356 g/mol. The normalized spacial score (nSPS) is 11.0. The Morgan fingerprint density at radius 1 is 1.18 bits per heavy atom. The number of nitrogens with zero attached hydrogens (tertiary/aromatic N) is 2. The van der Waals surface area contributed by atoms with Crippen LogP contribution >= 0.6 is 0 Å². The average molecular weight is 380 g/mol. The molecule has 0 unspecified atom stereocenters. The standard InChI is InChI=1S/C21H24N4O3/c1-3-25(13-19-23-17-10-6-5-9-16(17)21(27)24-19)14-20(26)22-12-15-8-4-7-11-18(15)28-2/h4-11H,3,12-14H2,1-2H3,(H,22,26)(H,23,24,27). The van der Waals surface area contributed by atoms with Gasteiger partial charge in [0.1, 0.15) is 11.6 Å².